The van der Waals surface area contributed by atoms with E-state index in [2.05, 4.69) is 13.0 Å². The van der Waals surface area contributed by atoms with Crippen molar-refractivity contribution < 1.29 is 13.6 Å². The van der Waals surface area contributed by atoms with Crippen LogP contribution < -0.4 is 9.05 Å². The van der Waals surface area contributed by atoms with Crippen molar-refractivity contribution in [3.05, 3.63) is 36.1 Å². The molecule has 0 aliphatic carbocycles. The summed E-state index contributed by atoms with van der Waals surface area (Å²) < 4.78 is 18.2. The quantitative estimate of drug-likeness (QED) is 0.698. The van der Waals surface area contributed by atoms with Gasteiger partial charge in [-0.1, -0.05) is 0 Å². The van der Waals surface area contributed by atoms with E-state index in [1.54, 1.807) is 0 Å². The molecule has 1 spiro atoms. The second-order valence-electron chi connectivity index (χ2n) is 4.26. The van der Waals surface area contributed by atoms with E-state index in [9.17, 15) is 0 Å². The molecule has 0 fully saturated rings. The Morgan fingerprint density at radius 1 is 1.12 bits per heavy atom. The first-order valence-electron chi connectivity index (χ1n) is 5.52. The van der Waals surface area contributed by atoms with Crippen LogP contribution in [0.5, 0.6) is 11.5 Å². The van der Waals surface area contributed by atoms with Gasteiger partial charge in [-0.15, -0.1) is 0 Å². The van der Waals surface area contributed by atoms with Gasteiger partial charge in [0.15, 0.2) is 0 Å². The summed E-state index contributed by atoms with van der Waals surface area (Å²) in [7, 11) is -2.93. The summed E-state index contributed by atoms with van der Waals surface area (Å²) in [6.07, 6.45) is 3.59. The van der Waals surface area contributed by atoms with Gasteiger partial charge in [-0.3, -0.25) is 0 Å². The standard InChI is InChI=1S/C12H15O3P/c1-3-16(9-8-10(2)13-16)14-11-6-4-5-7-12(11)15-16/h4-8H,3,9H2,1-2H3. The Kier molecular flexibility index (Phi) is 1.82. The zero-order valence-corrected chi connectivity index (χ0v) is 10.4. The molecule has 0 aromatic heterocycles. The van der Waals surface area contributed by atoms with Crippen LogP contribution in [-0.2, 0) is 4.52 Å². The van der Waals surface area contributed by atoms with Crippen molar-refractivity contribution in [2.75, 3.05) is 12.3 Å². The fourth-order valence-corrected chi connectivity index (χ4v) is 5.68. The van der Waals surface area contributed by atoms with Gasteiger partial charge in [0.1, 0.15) is 0 Å². The molecular weight excluding hydrogens is 223 g/mol. The molecule has 1 aromatic rings. The summed E-state index contributed by atoms with van der Waals surface area (Å²) in [4.78, 5) is 0. The van der Waals surface area contributed by atoms with Gasteiger partial charge in [0.2, 0.25) is 0 Å². The summed E-state index contributed by atoms with van der Waals surface area (Å²) in [5.41, 5.74) is 0. The van der Waals surface area contributed by atoms with Gasteiger partial charge in [0.25, 0.3) is 0 Å². The van der Waals surface area contributed by atoms with Crippen LogP contribution in [0.2, 0.25) is 0 Å². The predicted molar refractivity (Wildman–Crippen MR) is 64.9 cm³/mol. The molecule has 0 atom stereocenters. The summed E-state index contributed by atoms with van der Waals surface area (Å²) in [5.74, 6) is 2.53. The van der Waals surface area contributed by atoms with Crippen LogP contribution in [0.15, 0.2) is 36.1 Å². The van der Waals surface area contributed by atoms with Crippen LogP contribution in [0, 0.1) is 0 Å². The van der Waals surface area contributed by atoms with Crippen molar-refractivity contribution in [3.8, 4) is 11.5 Å². The summed E-state index contributed by atoms with van der Waals surface area (Å²) >= 11 is 0. The Labute approximate surface area is 95.2 Å². The second-order valence-corrected chi connectivity index (χ2v) is 8.24. The Balaban J connectivity index is 2.04. The third-order valence-corrected chi connectivity index (χ3v) is 7.16. The van der Waals surface area contributed by atoms with E-state index in [4.69, 9.17) is 13.6 Å². The predicted octanol–water partition coefficient (Wildman–Crippen LogP) is 3.71. The zero-order valence-electron chi connectivity index (χ0n) is 9.47. The van der Waals surface area contributed by atoms with Crippen molar-refractivity contribution in [1.82, 2.24) is 0 Å². The first-order valence-corrected chi connectivity index (χ1v) is 7.88. The monoisotopic (exact) mass is 238 g/mol. The second kappa shape index (κ2) is 2.92. The van der Waals surface area contributed by atoms with Gasteiger partial charge in [-0.05, 0) is 0 Å². The van der Waals surface area contributed by atoms with E-state index in [0.717, 1.165) is 29.6 Å². The number of benzene rings is 1. The van der Waals surface area contributed by atoms with Gasteiger partial charge < -0.3 is 0 Å². The van der Waals surface area contributed by atoms with Gasteiger partial charge in [-0.25, -0.2) is 0 Å². The molecule has 16 heavy (non-hydrogen) atoms. The van der Waals surface area contributed by atoms with Gasteiger partial charge >= 0.3 is 94.6 Å². The third-order valence-electron chi connectivity index (χ3n) is 3.14. The molecule has 0 radical (unpaired) electrons. The van der Waals surface area contributed by atoms with E-state index < -0.39 is 7.28 Å². The Hall–Kier alpha value is -1.21. The van der Waals surface area contributed by atoms with Crippen molar-refractivity contribution in [2.45, 2.75) is 13.8 Å². The maximum atomic E-state index is 6.10. The van der Waals surface area contributed by atoms with Crippen LogP contribution in [0.4, 0.5) is 0 Å². The van der Waals surface area contributed by atoms with Crippen LogP contribution >= 0.6 is 7.28 Å². The molecule has 2 aliphatic heterocycles. The Morgan fingerprint density at radius 2 is 1.75 bits per heavy atom. The Bertz CT molecular complexity index is 456. The molecule has 3 rings (SSSR count). The van der Waals surface area contributed by atoms with Crippen molar-refractivity contribution in [3.63, 3.8) is 0 Å². The number of hydrogen-bond acceptors (Lipinski definition) is 3. The number of allylic oxidation sites excluding steroid dienone is 2. The normalized spacial score (nSPS) is 25.6. The first kappa shape index (κ1) is 9.98. The molecule has 0 saturated carbocycles. The van der Waals surface area contributed by atoms with E-state index in [-0.39, 0.29) is 0 Å². The van der Waals surface area contributed by atoms with Gasteiger partial charge in [0.05, 0.1) is 0 Å². The minimum absolute atomic E-state index is 0.753. The van der Waals surface area contributed by atoms with Crippen LogP contribution in [-0.4, -0.2) is 12.3 Å². The molecule has 2 heterocycles. The molecule has 0 bridgehead atoms. The third kappa shape index (κ3) is 1.18. The van der Waals surface area contributed by atoms with Crippen molar-refractivity contribution >= 4 is 7.28 Å². The molecule has 0 unspecified atom stereocenters. The van der Waals surface area contributed by atoms with Crippen molar-refractivity contribution in [2.24, 2.45) is 0 Å². The molecular formula is C12H15O3P. The molecule has 0 saturated heterocycles. The van der Waals surface area contributed by atoms with Gasteiger partial charge in [-0.2, -0.15) is 0 Å². The van der Waals surface area contributed by atoms with E-state index in [1.807, 2.05) is 31.2 Å². The molecule has 0 amide bonds. The first-order chi connectivity index (χ1) is 7.65. The minimum atomic E-state index is -2.93. The zero-order chi connectivity index (χ0) is 11.3. The van der Waals surface area contributed by atoms with Crippen LogP contribution in [0.25, 0.3) is 0 Å². The SMILES string of the molecule is CCP12(CC=C(C)O1)Oc1ccccc1O2. The molecule has 1 aromatic carbocycles. The fraction of sp³-hybridized carbons (Fsp3) is 0.333. The van der Waals surface area contributed by atoms with Crippen molar-refractivity contribution in [1.29, 1.82) is 0 Å². The average Bonchev–Trinajstić information content (AvgIpc) is 2.79. The van der Waals surface area contributed by atoms with E-state index in [1.165, 1.54) is 0 Å². The summed E-state index contributed by atoms with van der Waals surface area (Å²) in [6, 6.07) is 7.77. The van der Waals surface area contributed by atoms with Crippen LogP contribution in [0.1, 0.15) is 13.8 Å². The molecule has 4 heteroatoms. The summed E-state index contributed by atoms with van der Waals surface area (Å²) in [6.45, 7) is 4.02. The molecule has 3 nitrogen and oxygen atoms in total. The number of hydrogen-bond donors (Lipinski definition) is 0. The summed E-state index contributed by atoms with van der Waals surface area (Å²) in [5, 5.41) is 0. The molecule has 2 aliphatic rings. The van der Waals surface area contributed by atoms with Crippen LogP contribution in [0.3, 0.4) is 0 Å². The Morgan fingerprint density at radius 3 is 2.19 bits per heavy atom. The fourth-order valence-electron chi connectivity index (χ4n) is 2.19. The number of rotatable bonds is 1. The van der Waals surface area contributed by atoms with Gasteiger partial charge in [0, 0.05) is 0 Å². The van der Waals surface area contributed by atoms with E-state index in [0.29, 0.717) is 0 Å². The average molecular weight is 238 g/mol. The number of para-hydroxylation sites is 2. The maximum absolute atomic E-state index is 6.10. The molecule has 0 N–H and O–H groups in total. The topological polar surface area (TPSA) is 27.7 Å². The molecule has 86 valence electrons. The van der Waals surface area contributed by atoms with E-state index >= 15 is 0 Å². The number of fused-ring (bicyclic) bond motifs is 1.